The van der Waals surface area contributed by atoms with Crippen LogP contribution in [0.3, 0.4) is 0 Å². The van der Waals surface area contributed by atoms with Crippen LogP contribution < -0.4 is 0 Å². The van der Waals surface area contributed by atoms with Crippen molar-refractivity contribution in [2.24, 2.45) is 5.41 Å². The number of hydrogen-bond acceptors (Lipinski definition) is 1. The minimum absolute atomic E-state index is 0.0287. The van der Waals surface area contributed by atoms with Gasteiger partial charge in [0.25, 0.3) is 0 Å². The van der Waals surface area contributed by atoms with Gasteiger partial charge in [-0.3, -0.25) is 0 Å². The van der Waals surface area contributed by atoms with Crippen LogP contribution in [-0.2, 0) is 5.41 Å². The summed E-state index contributed by atoms with van der Waals surface area (Å²) in [4.78, 5) is 5.11. The zero-order chi connectivity index (χ0) is 23.4. The van der Waals surface area contributed by atoms with Crippen LogP contribution in [0.5, 0.6) is 0 Å². The first-order valence-corrected chi connectivity index (χ1v) is 12.0. The van der Waals surface area contributed by atoms with Crippen molar-refractivity contribution in [3.8, 4) is 11.3 Å². The molecule has 5 rings (SSSR count). The molecule has 1 nitrogen and oxygen atoms in total. The summed E-state index contributed by atoms with van der Waals surface area (Å²) in [5.74, 6) is -0.559. The molecule has 0 saturated heterocycles. The number of nitrogens with zero attached hydrogens (tertiary/aromatic N) is 1. The van der Waals surface area contributed by atoms with Crippen LogP contribution in [0.25, 0.3) is 32.9 Å². The van der Waals surface area contributed by atoms with Crippen molar-refractivity contribution >= 4 is 21.7 Å². The van der Waals surface area contributed by atoms with E-state index in [0.29, 0.717) is 5.41 Å². The number of aromatic nitrogens is 1. The molecule has 1 saturated carbocycles. The molecule has 0 bridgehead atoms. The van der Waals surface area contributed by atoms with Crippen molar-refractivity contribution in [1.82, 2.24) is 4.98 Å². The minimum Gasteiger partial charge on any atom is -0.248 e. The molecule has 32 heavy (non-hydrogen) atoms. The molecule has 1 heteroatoms. The maximum Gasteiger partial charge on any atom is 0.0712 e. The highest BCUT2D eigenvalue weighted by molar-refractivity contribution is 5.92. The summed E-state index contributed by atoms with van der Waals surface area (Å²) in [6.45, 7) is 11.5. The largest absolute Gasteiger partial charge is 0.248 e. The van der Waals surface area contributed by atoms with E-state index in [2.05, 4.69) is 101 Å². The second-order valence-electron chi connectivity index (χ2n) is 11.3. The van der Waals surface area contributed by atoms with Crippen molar-refractivity contribution < 1.29 is 1.37 Å². The van der Waals surface area contributed by atoms with Gasteiger partial charge in [0.05, 0.1) is 11.2 Å². The average Bonchev–Trinajstić information content (AvgIpc) is 2.79. The smallest absolute Gasteiger partial charge is 0.0712 e. The van der Waals surface area contributed by atoms with Gasteiger partial charge in [-0.15, -0.1) is 0 Å². The van der Waals surface area contributed by atoms with E-state index in [1.165, 1.54) is 16.3 Å². The normalized spacial score (nSPS) is 18.6. The Balaban J connectivity index is 1.73. The third-order valence-corrected chi connectivity index (χ3v) is 7.27. The standard InChI is InChI=1S/C31H35N/c1-30(2,3)27-19-23(18-22-10-6-7-11-24(22)27)29-20-26(21-14-16-31(4,5)17-15-21)25-12-8-9-13-28(25)32-29/h6-13,18-21H,14-17H2,1-5H3/i21D. The van der Waals surface area contributed by atoms with Crippen LogP contribution in [0.2, 0.25) is 0 Å². The van der Waals surface area contributed by atoms with Gasteiger partial charge in [0.15, 0.2) is 0 Å². The number of pyridine rings is 1. The molecule has 4 aromatic rings. The molecule has 0 radical (unpaired) electrons. The molecule has 1 aliphatic rings. The molecule has 1 aromatic heterocycles. The molecule has 1 aliphatic carbocycles. The summed E-state index contributed by atoms with van der Waals surface area (Å²) in [5.41, 5.74) is 5.96. The van der Waals surface area contributed by atoms with Gasteiger partial charge in [0.2, 0.25) is 0 Å². The predicted molar refractivity (Wildman–Crippen MR) is 138 cm³/mol. The lowest BCUT2D eigenvalue weighted by Crippen LogP contribution is -2.20. The van der Waals surface area contributed by atoms with Gasteiger partial charge in [0, 0.05) is 12.3 Å². The number of benzene rings is 3. The lowest BCUT2D eigenvalue weighted by atomic mass is 9.71. The summed E-state index contributed by atoms with van der Waals surface area (Å²) in [6, 6.07) is 23.9. The van der Waals surface area contributed by atoms with Gasteiger partial charge in [-0.25, -0.2) is 4.98 Å². The van der Waals surface area contributed by atoms with E-state index in [1.54, 1.807) is 0 Å². The van der Waals surface area contributed by atoms with Crippen molar-refractivity contribution in [1.29, 1.82) is 0 Å². The molecule has 0 spiro atoms. The summed E-state index contributed by atoms with van der Waals surface area (Å²) < 4.78 is 9.52. The van der Waals surface area contributed by atoms with Crippen LogP contribution >= 0.6 is 0 Å². The Morgan fingerprint density at radius 1 is 0.875 bits per heavy atom. The molecule has 0 aliphatic heterocycles. The second-order valence-corrected chi connectivity index (χ2v) is 11.3. The van der Waals surface area contributed by atoms with Crippen LogP contribution in [0.4, 0.5) is 0 Å². The number of fused-ring (bicyclic) bond motifs is 2. The lowest BCUT2D eigenvalue weighted by Gasteiger charge is -2.35. The van der Waals surface area contributed by atoms with Crippen molar-refractivity contribution in [3.05, 3.63) is 77.9 Å². The van der Waals surface area contributed by atoms with Gasteiger partial charge in [0.1, 0.15) is 0 Å². The Labute approximate surface area is 194 Å². The maximum atomic E-state index is 9.52. The van der Waals surface area contributed by atoms with Crippen molar-refractivity contribution in [2.45, 2.75) is 71.6 Å². The minimum atomic E-state index is -0.559. The van der Waals surface area contributed by atoms with Gasteiger partial charge >= 0.3 is 0 Å². The first-order valence-electron chi connectivity index (χ1n) is 12.5. The van der Waals surface area contributed by atoms with Crippen molar-refractivity contribution in [3.63, 3.8) is 0 Å². The van der Waals surface area contributed by atoms with E-state index in [9.17, 15) is 1.37 Å². The first-order chi connectivity index (χ1) is 15.6. The predicted octanol–water partition coefficient (Wildman–Crippen LogP) is 9.04. The number of para-hydroxylation sites is 1. The molecule has 0 atom stereocenters. The molecule has 164 valence electrons. The topological polar surface area (TPSA) is 12.9 Å². The fraction of sp³-hybridized carbons (Fsp3) is 0.387. The van der Waals surface area contributed by atoms with Crippen LogP contribution in [0.1, 0.15) is 78.7 Å². The Bertz CT molecular complexity index is 1330. The molecule has 1 heterocycles. The number of rotatable bonds is 2. The Hall–Kier alpha value is -2.67. The highest BCUT2D eigenvalue weighted by atomic mass is 14.7. The zero-order valence-corrected chi connectivity index (χ0v) is 20.1. The second kappa shape index (κ2) is 7.73. The van der Waals surface area contributed by atoms with Gasteiger partial charge in [-0.2, -0.15) is 0 Å². The highest BCUT2D eigenvalue weighted by Gasteiger charge is 2.29. The van der Waals surface area contributed by atoms with E-state index in [0.717, 1.165) is 53.4 Å². The van der Waals surface area contributed by atoms with E-state index in [1.807, 2.05) is 0 Å². The van der Waals surface area contributed by atoms with E-state index in [-0.39, 0.29) is 5.41 Å². The highest BCUT2D eigenvalue weighted by Crippen LogP contribution is 2.45. The quantitative estimate of drug-likeness (QED) is 0.314. The molecule has 0 unspecified atom stereocenters. The van der Waals surface area contributed by atoms with Crippen LogP contribution in [-0.4, -0.2) is 4.98 Å². The fourth-order valence-electron chi connectivity index (χ4n) is 5.19. The molecule has 0 amide bonds. The summed E-state index contributed by atoms with van der Waals surface area (Å²) in [6.07, 6.45) is 3.98. The Morgan fingerprint density at radius 2 is 1.53 bits per heavy atom. The Morgan fingerprint density at radius 3 is 2.25 bits per heavy atom. The van der Waals surface area contributed by atoms with Gasteiger partial charge < -0.3 is 0 Å². The summed E-state index contributed by atoms with van der Waals surface area (Å²) in [5, 5.41) is 3.69. The van der Waals surface area contributed by atoms with E-state index >= 15 is 0 Å². The molecular formula is C31H35N. The Kier molecular flexibility index (Phi) is 4.82. The monoisotopic (exact) mass is 422 g/mol. The molecule has 3 aromatic carbocycles. The van der Waals surface area contributed by atoms with Gasteiger partial charge in [-0.05, 0) is 88.6 Å². The number of hydrogen-bond donors (Lipinski definition) is 0. The SMILES string of the molecule is [2H]C1(c2cc(-c3cc(C(C)(C)C)c4ccccc4c3)nc3ccccc23)CCC(C)(C)CC1. The average molecular weight is 423 g/mol. The molecule has 0 N–H and O–H groups in total. The van der Waals surface area contributed by atoms with Crippen LogP contribution in [0, 0.1) is 5.41 Å². The zero-order valence-electron chi connectivity index (χ0n) is 21.1. The van der Waals surface area contributed by atoms with E-state index < -0.39 is 5.89 Å². The first kappa shape index (κ1) is 20.0. The van der Waals surface area contributed by atoms with Crippen LogP contribution in [0.15, 0.2) is 66.7 Å². The fourth-order valence-corrected chi connectivity index (χ4v) is 5.19. The summed E-state index contributed by atoms with van der Waals surface area (Å²) in [7, 11) is 0. The lowest BCUT2D eigenvalue weighted by molar-refractivity contribution is 0.225. The van der Waals surface area contributed by atoms with Gasteiger partial charge in [-0.1, -0.05) is 77.1 Å². The third kappa shape index (κ3) is 3.94. The molecular weight excluding hydrogens is 386 g/mol. The third-order valence-electron chi connectivity index (χ3n) is 7.27. The molecule has 1 fully saturated rings. The van der Waals surface area contributed by atoms with Crippen molar-refractivity contribution in [2.75, 3.05) is 0 Å². The van der Waals surface area contributed by atoms with E-state index in [4.69, 9.17) is 4.98 Å². The maximum absolute atomic E-state index is 9.52. The summed E-state index contributed by atoms with van der Waals surface area (Å²) >= 11 is 0.